The minimum atomic E-state index is -0.0961. The van der Waals surface area contributed by atoms with Crippen LogP contribution in [0.25, 0.3) is 0 Å². The summed E-state index contributed by atoms with van der Waals surface area (Å²) in [4.78, 5) is 0. The number of aliphatic hydroxyl groups excluding tert-OH is 1. The molecule has 0 bridgehead atoms. The first-order valence-corrected chi connectivity index (χ1v) is 9.93. The van der Waals surface area contributed by atoms with E-state index in [1.54, 1.807) is 0 Å². The molecule has 24 heavy (non-hydrogen) atoms. The number of aryl methyl sites for hydroxylation is 1. The first-order valence-electron chi connectivity index (χ1n) is 9.93. The highest BCUT2D eigenvalue weighted by Gasteiger charge is 2.54. The van der Waals surface area contributed by atoms with Gasteiger partial charge in [0.25, 0.3) is 0 Å². The van der Waals surface area contributed by atoms with Gasteiger partial charge in [0.15, 0.2) is 0 Å². The third-order valence-corrected chi connectivity index (χ3v) is 7.50. The topological polar surface area (TPSA) is 40.5 Å². The zero-order valence-corrected chi connectivity index (χ0v) is 15.4. The highest BCUT2D eigenvalue weighted by molar-refractivity contribution is 5.45. The second kappa shape index (κ2) is 5.76. The average molecular weight is 328 g/mol. The van der Waals surface area contributed by atoms with Gasteiger partial charge in [0.05, 0.1) is 6.10 Å². The van der Waals surface area contributed by atoms with Crippen molar-refractivity contribution in [2.75, 3.05) is 0 Å². The smallest absolute Gasteiger partial charge is 0.119 e. The van der Waals surface area contributed by atoms with Gasteiger partial charge in [0, 0.05) is 0 Å². The summed E-state index contributed by atoms with van der Waals surface area (Å²) in [6.45, 7) is 6.77. The fourth-order valence-electron chi connectivity index (χ4n) is 6.23. The molecule has 2 saturated carbocycles. The third kappa shape index (κ3) is 2.41. The van der Waals surface area contributed by atoms with Crippen LogP contribution in [0.5, 0.6) is 5.75 Å². The second-order valence-corrected chi connectivity index (χ2v) is 9.33. The van der Waals surface area contributed by atoms with Gasteiger partial charge in [-0.1, -0.05) is 26.8 Å². The van der Waals surface area contributed by atoms with E-state index in [-0.39, 0.29) is 11.5 Å². The van der Waals surface area contributed by atoms with Crippen LogP contribution in [-0.4, -0.2) is 16.3 Å². The van der Waals surface area contributed by atoms with E-state index in [0.717, 1.165) is 37.2 Å². The molecule has 0 spiro atoms. The van der Waals surface area contributed by atoms with E-state index >= 15 is 0 Å². The quantitative estimate of drug-likeness (QED) is 0.818. The Morgan fingerprint density at radius 3 is 2.71 bits per heavy atom. The van der Waals surface area contributed by atoms with Crippen LogP contribution in [0, 0.1) is 23.2 Å². The number of hydrogen-bond acceptors (Lipinski definition) is 2. The van der Waals surface area contributed by atoms with Gasteiger partial charge in [-0.05, 0) is 96.8 Å². The van der Waals surface area contributed by atoms with Gasteiger partial charge in [0.1, 0.15) is 5.75 Å². The van der Waals surface area contributed by atoms with Crippen molar-refractivity contribution in [2.45, 2.75) is 77.7 Å². The molecule has 0 heterocycles. The third-order valence-electron chi connectivity index (χ3n) is 7.50. The molecular formula is C22H32O2. The van der Waals surface area contributed by atoms with Crippen LogP contribution in [0.1, 0.15) is 75.5 Å². The number of phenols is 1. The number of aliphatic hydroxyl groups is 1. The summed E-state index contributed by atoms with van der Waals surface area (Å²) in [5, 5.41) is 20.9. The molecular weight excluding hydrogens is 296 g/mol. The molecule has 1 aromatic rings. The van der Waals surface area contributed by atoms with Crippen LogP contribution in [0.4, 0.5) is 0 Å². The Bertz CT molecular complexity index is 635. The summed E-state index contributed by atoms with van der Waals surface area (Å²) in [6, 6.07) is 4.39. The SMILES string of the molecule is CC(C)Cc1cc2c(cc1O)CC[C@H]1[C@H]3CC[C@H](O)[C@]3(C)CC[C@@H]21. The van der Waals surface area contributed by atoms with Crippen LogP contribution >= 0.6 is 0 Å². The lowest BCUT2D eigenvalue weighted by molar-refractivity contribution is -0.0226. The van der Waals surface area contributed by atoms with Crippen LogP contribution in [0.15, 0.2) is 12.1 Å². The van der Waals surface area contributed by atoms with Gasteiger partial charge in [0.2, 0.25) is 0 Å². The number of aromatic hydroxyl groups is 1. The van der Waals surface area contributed by atoms with Crippen molar-refractivity contribution in [2.24, 2.45) is 23.2 Å². The van der Waals surface area contributed by atoms with Crippen molar-refractivity contribution >= 4 is 0 Å². The van der Waals surface area contributed by atoms with Crippen LogP contribution in [0.3, 0.4) is 0 Å². The van der Waals surface area contributed by atoms with Crippen LogP contribution in [-0.2, 0) is 12.8 Å². The number of hydrogen-bond donors (Lipinski definition) is 2. The van der Waals surface area contributed by atoms with E-state index in [9.17, 15) is 10.2 Å². The van der Waals surface area contributed by atoms with Crippen LogP contribution in [0.2, 0.25) is 0 Å². The second-order valence-electron chi connectivity index (χ2n) is 9.33. The standard InChI is InChI=1S/C22H32O2/c1-13(2)10-15-11-18-14(12-20(15)23)4-5-17-16(18)8-9-22(3)19(17)6-7-21(22)24/h11-13,16-17,19,21,23-24H,4-10H2,1-3H3/t16-,17-,19-,21+,22-/m1/s1. The van der Waals surface area contributed by atoms with E-state index in [1.165, 1.54) is 30.4 Å². The van der Waals surface area contributed by atoms with Crippen molar-refractivity contribution < 1.29 is 10.2 Å². The molecule has 0 saturated heterocycles. The van der Waals surface area contributed by atoms with Crippen molar-refractivity contribution in [3.05, 3.63) is 28.8 Å². The molecule has 0 aromatic heterocycles. The molecule has 5 atom stereocenters. The predicted molar refractivity (Wildman–Crippen MR) is 97.3 cm³/mol. The van der Waals surface area contributed by atoms with Gasteiger partial charge in [-0.15, -0.1) is 0 Å². The first kappa shape index (κ1) is 16.4. The first-order chi connectivity index (χ1) is 11.4. The minimum absolute atomic E-state index is 0.0961. The van der Waals surface area contributed by atoms with Gasteiger partial charge in [-0.25, -0.2) is 0 Å². The summed E-state index contributed by atoms with van der Waals surface area (Å²) in [7, 11) is 0. The summed E-state index contributed by atoms with van der Waals surface area (Å²) >= 11 is 0. The number of rotatable bonds is 2. The molecule has 0 unspecified atom stereocenters. The lowest BCUT2D eigenvalue weighted by atomic mass is 9.55. The maximum absolute atomic E-state index is 10.5. The predicted octanol–water partition coefficient (Wildman–Crippen LogP) is 4.81. The molecule has 1 aromatic carbocycles. The lowest BCUT2D eigenvalue weighted by Gasteiger charge is -2.50. The Labute approximate surface area is 146 Å². The Balaban J connectivity index is 1.69. The summed E-state index contributed by atoms with van der Waals surface area (Å²) in [5.41, 5.74) is 4.17. The summed E-state index contributed by atoms with van der Waals surface area (Å²) in [5.74, 6) is 3.11. The van der Waals surface area contributed by atoms with Crippen molar-refractivity contribution in [3.63, 3.8) is 0 Å². The zero-order chi connectivity index (χ0) is 17.1. The monoisotopic (exact) mass is 328 g/mol. The molecule has 2 nitrogen and oxygen atoms in total. The van der Waals surface area contributed by atoms with E-state index in [1.807, 2.05) is 0 Å². The molecule has 2 heteroatoms. The molecule has 132 valence electrons. The van der Waals surface area contributed by atoms with Gasteiger partial charge in [-0.3, -0.25) is 0 Å². The van der Waals surface area contributed by atoms with Crippen LogP contribution < -0.4 is 0 Å². The van der Waals surface area contributed by atoms with Crippen molar-refractivity contribution in [1.29, 1.82) is 0 Å². The highest BCUT2D eigenvalue weighted by atomic mass is 16.3. The largest absolute Gasteiger partial charge is 0.508 e. The van der Waals surface area contributed by atoms with Gasteiger partial charge in [-0.2, -0.15) is 0 Å². The molecule has 4 rings (SSSR count). The zero-order valence-electron chi connectivity index (χ0n) is 15.4. The van der Waals surface area contributed by atoms with E-state index in [2.05, 4.69) is 32.9 Å². The summed E-state index contributed by atoms with van der Waals surface area (Å²) < 4.78 is 0. The lowest BCUT2D eigenvalue weighted by Crippen LogP contribution is -2.43. The highest BCUT2D eigenvalue weighted by Crippen LogP contribution is 2.61. The Hall–Kier alpha value is -1.02. The Kier molecular flexibility index (Phi) is 3.95. The minimum Gasteiger partial charge on any atom is -0.508 e. The fourth-order valence-corrected chi connectivity index (χ4v) is 6.23. The molecule has 2 N–H and O–H groups in total. The Morgan fingerprint density at radius 2 is 1.96 bits per heavy atom. The molecule has 0 amide bonds. The number of phenolic OH excluding ortho intramolecular Hbond substituents is 1. The molecule has 2 fully saturated rings. The van der Waals surface area contributed by atoms with E-state index in [4.69, 9.17) is 0 Å². The van der Waals surface area contributed by atoms with Crippen molar-refractivity contribution in [1.82, 2.24) is 0 Å². The molecule has 3 aliphatic carbocycles. The average Bonchev–Trinajstić information content (AvgIpc) is 2.83. The van der Waals surface area contributed by atoms with Gasteiger partial charge < -0.3 is 10.2 Å². The summed E-state index contributed by atoms with van der Waals surface area (Å²) in [6.07, 6.45) is 7.73. The maximum atomic E-state index is 10.5. The van der Waals surface area contributed by atoms with E-state index < -0.39 is 0 Å². The van der Waals surface area contributed by atoms with Gasteiger partial charge >= 0.3 is 0 Å². The van der Waals surface area contributed by atoms with E-state index in [0.29, 0.717) is 23.5 Å². The van der Waals surface area contributed by atoms with Crippen molar-refractivity contribution in [3.8, 4) is 5.75 Å². The Morgan fingerprint density at radius 1 is 1.17 bits per heavy atom. The molecule has 3 aliphatic rings. The normalized spacial score (nSPS) is 37.9. The fraction of sp³-hybridized carbons (Fsp3) is 0.727. The number of benzene rings is 1. The number of fused-ring (bicyclic) bond motifs is 5. The molecule has 0 aliphatic heterocycles. The maximum Gasteiger partial charge on any atom is 0.119 e. The molecule has 0 radical (unpaired) electrons.